The Bertz CT molecular complexity index is 579. The first-order chi connectivity index (χ1) is 10.2. The molecule has 2 heterocycles. The standard InChI is InChI=1S/C18H20O3/c1-3-4-12-5-7-13(8-6-12)15-11-14-9-10-16(21-14)17(15)18(19)20-2/h5-8,14-17H,9-11H2,1-2H3/t14-,15-,16+,17-/m1/s1. The van der Waals surface area contributed by atoms with E-state index in [1.54, 1.807) is 0 Å². The molecule has 2 aliphatic rings. The van der Waals surface area contributed by atoms with Crippen molar-refractivity contribution in [3.05, 3.63) is 35.4 Å². The molecule has 0 amide bonds. The lowest BCUT2D eigenvalue weighted by atomic mass is 9.79. The molecule has 0 unspecified atom stereocenters. The largest absolute Gasteiger partial charge is 0.469 e. The second-order valence-corrected chi connectivity index (χ2v) is 5.76. The van der Waals surface area contributed by atoms with E-state index in [9.17, 15) is 4.79 Å². The summed E-state index contributed by atoms with van der Waals surface area (Å²) in [6, 6.07) is 8.23. The van der Waals surface area contributed by atoms with E-state index in [4.69, 9.17) is 9.47 Å². The maximum atomic E-state index is 12.2. The topological polar surface area (TPSA) is 35.5 Å². The Hall–Kier alpha value is -1.79. The Morgan fingerprint density at radius 1 is 1.29 bits per heavy atom. The maximum Gasteiger partial charge on any atom is 0.311 e. The third-order valence-corrected chi connectivity index (χ3v) is 4.57. The highest BCUT2D eigenvalue weighted by atomic mass is 16.5. The summed E-state index contributed by atoms with van der Waals surface area (Å²) in [5.41, 5.74) is 2.19. The highest BCUT2D eigenvalue weighted by molar-refractivity contribution is 5.74. The highest BCUT2D eigenvalue weighted by Gasteiger charge is 2.47. The van der Waals surface area contributed by atoms with Gasteiger partial charge >= 0.3 is 5.97 Å². The molecule has 0 spiro atoms. The molecule has 2 bridgehead atoms. The molecule has 2 fully saturated rings. The number of methoxy groups -OCH3 is 1. The fourth-order valence-electron chi connectivity index (χ4n) is 3.61. The van der Waals surface area contributed by atoms with Gasteiger partial charge in [-0.3, -0.25) is 4.79 Å². The molecule has 0 N–H and O–H groups in total. The number of hydrogen-bond acceptors (Lipinski definition) is 3. The van der Waals surface area contributed by atoms with Gasteiger partial charge in [-0.15, -0.1) is 5.92 Å². The summed E-state index contributed by atoms with van der Waals surface area (Å²) in [6.07, 6.45) is 3.20. The van der Waals surface area contributed by atoms with Gasteiger partial charge in [0.15, 0.2) is 0 Å². The predicted molar refractivity (Wildman–Crippen MR) is 79.8 cm³/mol. The summed E-state index contributed by atoms with van der Waals surface area (Å²) < 4.78 is 10.9. The minimum absolute atomic E-state index is 0.0105. The van der Waals surface area contributed by atoms with Gasteiger partial charge < -0.3 is 9.47 Å². The molecule has 2 aliphatic heterocycles. The summed E-state index contributed by atoms with van der Waals surface area (Å²) in [7, 11) is 1.46. The molecule has 3 heteroatoms. The number of hydrogen-bond donors (Lipinski definition) is 0. The SMILES string of the molecule is CC#Cc1ccc([C@H]2C[C@H]3CC[C@H](O3)[C@@H]2C(=O)OC)cc1. The van der Waals surface area contributed by atoms with Gasteiger partial charge in [0, 0.05) is 11.5 Å². The predicted octanol–water partition coefficient (Wildman–Crippen LogP) is 2.88. The van der Waals surface area contributed by atoms with E-state index in [-0.39, 0.29) is 30.0 Å². The zero-order valence-electron chi connectivity index (χ0n) is 12.5. The lowest BCUT2D eigenvalue weighted by molar-refractivity contribution is -0.156. The van der Waals surface area contributed by atoms with Gasteiger partial charge in [-0.05, 0) is 43.9 Å². The minimum atomic E-state index is -0.183. The molecule has 0 radical (unpaired) electrons. The molecule has 3 nitrogen and oxygen atoms in total. The van der Waals surface area contributed by atoms with Gasteiger partial charge in [0.25, 0.3) is 0 Å². The lowest BCUT2D eigenvalue weighted by Gasteiger charge is -2.35. The van der Waals surface area contributed by atoms with Crippen LogP contribution in [0, 0.1) is 17.8 Å². The van der Waals surface area contributed by atoms with Crippen LogP contribution < -0.4 is 0 Å². The molecular formula is C18H20O3. The van der Waals surface area contributed by atoms with Crippen molar-refractivity contribution in [2.45, 2.75) is 44.3 Å². The van der Waals surface area contributed by atoms with E-state index in [1.165, 1.54) is 12.7 Å². The molecule has 0 aliphatic carbocycles. The van der Waals surface area contributed by atoms with E-state index in [0.29, 0.717) is 0 Å². The van der Waals surface area contributed by atoms with Crippen LogP contribution in [0.25, 0.3) is 0 Å². The van der Waals surface area contributed by atoms with Gasteiger partial charge in [-0.25, -0.2) is 0 Å². The molecule has 0 saturated carbocycles. The second-order valence-electron chi connectivity index (χ2n) is 5.76. The third kappa shape index (κ3) is 2.69. The fraction of sp³-hybridized carbons (Fsp3) is 0.500. The minimum Gasteiger partial charge on any atom is -0.469 e. The normalized spacial score (nSPS) is 30.4. The van der Waals surface area contributed by atoms with Crippen molar-refractivity contribution in [3.8, 4) is 11.8 Å². The van der Waals surface area contributed by atoms with Crippen molar-refractivity contribution in [2.24, 2.45) is 5.92 Å². The Kier molecular flexibility index (Phi) is 3.98. The van der Waals surface area contributed by atoms with Crippen LogP contribution in [0.3, 0.4) is 0 Å². The molecule has 1 aromatic carbocycles. The van der Waals surface area contributed by atoms with Gasteiger partial charge in [-0.2, -0.15) is 0 Å². The van der Waals surface area contributed by atoms with Crippen molar-refractivity contribution < 1.29 is 14.3 Å². The third-order valence-electron chi connectivity index (χ3n) is 4.57. The molecule has 2 saturated heterocycles. The van der Waals surface area contributed by atoms with Crippen LogP contribution in [0.15, 0.2) is 24.3 Å². The average molecular weight is 284 g/mol. The van der Waals surface area contributed by atoms with Crippen LogP contribution in [-0.2, 0) is 14.3 Å². The van der Waals surface area contributed by atoms with Crippen molar-refractivity contribution in [1.29, 1.82) is 0 Å². The van der Waals surface area contributed by atoms with E-state index in [1.807, 2.05) is 19.1 Å². The smallest absolute Gasteiger partial charge is 0.311 e. The van der Waals surface area contributed by atoms with Gasteiger partial charge in [0.1, 0.15) is 0 Å². The molecule has 3 rings (SSSR count). The molecule has 1 aromatic rings. The van der Waals surface area contributed by atoms with E-state index < -0.39 is 0 Å². The van der Waals surface area contributed by atoms with E-state index in [0.717, 1.165) is 24.8 Å². The van der Waals surface area contributed by atoms with Crippen LogP contribution in [0.1, 0.15) is 43.2 Å². The molecule has 110 valence electrons. The van der Waals surface area contributed by atoms with E-state index >= 15 is 0 Å². The van der Waals surface area contributed by atoms with Crippen LogP contribution in [0.5, 0.6) is 0 Å². The summed E-state index contributed by atoms with van der Waals surface area (Å²) >= 11 is 0. The van der Waals surface area contributed by atoms with Crippen LogP contribution in [-0.4, -0.2) is 25.3 Å². The van der Waals surface area contributed by atoms with Gasteiger partial charge in [0.2, 0.25) is 0 Å². The fourth-order valence-corrected chi connectivity index (χ4v) is 3.61. The molecule has 4 atom stereocenters. The molecular weight excluding hydrogens is 264 g/mol. The molecule has 0 aromatic heterocycles. The van der Waals surface area contributed by atoms with Crippen LogP contribution >= 0.6 is 0 Å². The first-order valence-electron chi connectivity index (χ1n) is 7.49. The first kappa shape index (κ1) is 14.2. The number of fused-ring (bicyclic) bond motifs is 2. The number of esters is 1. The summed E-state index contributed by atoms with van der Waals surface area (Å²) in [6.45, 7) is 1.83. The summed E-state index contributed by atoms with van der Waals surface area (Å²) in [5, 5.41) is 0. The Morgan fingerprint density at radius 3 is 2.71 bits per heavy atom. The number of benzene rings is 1. The van der Waals surface area contributed by atoms with Crippen molar-refractivity contribution in [2.75, 3.05) is 7.11 Å². The lowest BCUT2D eigenvalue weighted by Crippen LogP contribution is -2.39. The van der Waals surface area contributed by atoms with E-state index in [2.05, 4.69) is 24.0 Å². The second kappa shape index (κ2) is 5.91. The van der Waals surface area contributed by atoms with Gasteiger partial charge in [-0.1, -0.05) is 18.1 Å². The summed E-state index contributed by atoms with van der Waals surface area (Å²) in [4.78, 5) is 12.2. The average Bonchev–Trinajstić information content (AvgIpc) is 2.89. The molecule has 21 heavy (non-hydrogen) atoms. The monoisotopic (exact) mass is 284 g/mol. The van der Waals surface area contributed by atoms with Crippen LogP contribution in [0.4, 0.5) is 0 Å². The number of carbonyl (C=O) groups excluding carboxylic acids is 1. The quantitative estimate of drug-likeness (QED) is 0.619. The van der Waals surface area contributed by atoms with Gasteiger partial charge in [0.05, 0.1) is 25.2 Å². The van der Waals surface area contributed by atoms with Crippen molar-refractivity contribution in [3.63, 3.8) is 0 Å². The first-order valence-corrected chi connectivity index (χ1v) is 7.49. The summed E-state index contributed by atoms with van der Waals surface area (Å²) in [5.74, 6) is 5.80. The number of carbonyl (C=O) groups is 1. The Balaban J connectivity index is 1.90. The van der Waals surface area contributed by atoms with Crippen molar-refractivity contribution in [1.82, 2.24) is 0 Å². The van der Waals surface area contributed by atoms with Crippen molar-refractivity contribution >= 4 is 5.97 Å². The van der Waals surface area contributed by atoms with Crippen LogP contribution in [0.2, 0.25) is 0 Å². The number of ether oxygens (including phenoxy) is 2. The zero-order chi connectivity index (χ0) is 14.8. The number of rotatable bonds is 2. The zero-order valence-corrected chi connectivity index (χ0v) is 12.5. The maximum absolute atomic E-state index is 12.2. The highest BCUT2D eigenvalue weighted by Crippen LogP contribution is 2.45. The Labute approximate surface area is 125 Å². The Morgan fingerprint density at radius 2 is 2.05 bits per heavy atom.